The number of amides is 1. The summed E-state index contributed by atoms with van der Waals surface area (Å²) >= 11 is 0. The average Bonchev–Trinajstić information content (AvgIpc) is 2.62. The highest BCUT2D eigenvalue weighted by Gasteiger charge is 2.05. The van der Waals surface area contributed by atoms with E-state index in [1.165, 1.54) is 0 Å². The Morgan fingerprint density at radius 3 is 2.68 bits per heavy atom. The fourth-order valence-corrected chi connectivity index (χ4v) is 2.47. The minimum atomic E-state index is -0.0541. The summed E-state index contributed by atoms with van der Waals surface area (Å²) in [6, 6.07) is 17.4. The van der Waals surface area contributed by atoms with Crippen LogP contribution in [0.2, 0.25) is 0 Å². The summed E-state index contributed by atoms with van der Waals surface area (Å²) in [5.74, 6) is 0.684. The average molecular weight is 332 g/mol. The van der Waals surface area contributed by atoms with Crippen LogP contribution in [-0.4, -0.2) is 15.9 Å². The molecule has 2 N–H and O–H groups in total. The Kier molecular flexibility index (Phi) is 5.36. The van der Waals surface area contributed by atoms with E-state index >= 15 is 0 Å². The van der Waals surface area contributed by atoms with Crippen molar-refractivity contribution in [1.82, 2.24) is 9.97 Å². The molecule has 2 heterocycles. The number of aryl methyl sites for hydroxylation is 1. The van der Waals surface area contributed by atoms with Crippen molar-refractivity contribution in [2.75, 3.05) is 10.6 Å². The molecule has 0 bridgehead atoms. The minimum absolute atomic E-state index is 0.0541. The van der Waals surface area contributed by atoms with E-state index in [-0.39, 0.29) is 5.91 Å². The van der Waals surface area contributed by atoms with Crippen LogP contribution < -0.4 is 10.6 Å². The lowest BCUT2D eigenvalue weighted by molar-refractivity contribution is -0.115. The molecule has 2 aromatic heterocycles. The number of hydrogen-bond donors (Lipinski definition) is 2. The van der Waals surface area contributed by atoms with Crippen molar-refractivity contribution in [2.24, 2.45) is 0 Å². The second kappa shape index (κ2) is 8.06. The Morgan fingerprint density at radius 1 is 1.04 bits per heavy atom. The van der Waals surface area contributed by atoms with Gasteiger partial charge in [0.25, 0.3) is 0 Å². The number of benzene rings is 1. The standard InChI is InChI=1S/C20H20N4O/c1-15-5-4-6-16(11-15)12-20(25)24-18-8-9-19(23-14-18)22-13-17-7-2-3-10-21-17/h2-11,14H,12-13H2,1H3,(H,22,23)(H,24,25). The third-order valence-corrected chi connectivity index (χ3v) is 3.67. The van der Waals surface area contributed by atoms with Gasteiger partial charge in [-0.2, -0.15) is 0 Å². The number of pyridine rings is 2. The number of anilines is 2. The molecule has 0 fully saturated rings. The highest BCUT2D eigenvalue weighted by atomic mass is 16.1. The highest BCUT2D eigenvalue weighted by Crippen LogP contribution is 2.12. The topological polar surface area (TPSA) is 66.9 Å². The normalized spacial score (nSPS) is 10.3. The van der Waals surface area contributed by atoms with E-state index in [1.807, 2.05) is 61.5 Å². The monoisotopic (exact) mass is 332 g/mol. The number of rotatable bonds is 6. The molecule has 5 nitrogen and oxygen atoms in total. The molecule has 3 aromatic rings. The van der Waals surface area contributed by atoms with Crippen LogP contribution in [0.3, 0.4) is 0 Å². The SMILES string of the molecule is Cc1cccc(CC(=O)Nc2ccc(NCc3ccccn3)nc2)c1. The van der Waals surface area contributed by atoms with Gasteiger partial charge in [0.15, 0.2) is 0 Å². The Balaban J connectivity index is 1.52. The van der Waals surface area contributed by atoms with Crippen molar-refractivity contribution >= 4 is 17.4 Å². The first-order valence-electron chi connectivity index (χ1n) is 8.14. The molecule has 0 atom stereocenters. The fourth-order valence-electron chi connectivity index (χ4n) is 2.47. The van der Waals surface area contributed by atoms with Crippen LogP contribution in [0.5, 0.6) is 0 Å². The maximum Gasteiger partial charge on any atom is 0.228 e. The van der Waals surface area contributed by atoms with Crippen LogP contribution in [-0.2, 0) is 17.8 Å². The van der Waals surface area contributed by atoms with Gasteiger partial charge in [-0.25, -0.2) is 4.98 Å². The van der Waals surface area contributed by atoms with Crippen molar-refractivity contribution in [2.45, 2.75) is 19.9 Å². The zero-order valence-electron chi connectivity index (χ0n) is 14.1. The predicted molar refractivity (Wildman–Crippen MR) is 99.3 cm³/mol. The molecular formula is C20H20N4O. The van der Waals surface area contributed by atoms with Gasteiger partial charge < -0.3 is 10.6 Å². The third kappa shape index (κ3) is 5.14. The van der Waals surface area contributed by atoms with Gasteiger partial charge in [-0.1, -0.05) is 35.9 Å². The molecule has 0 aliphatic rings. The molecule has 0 radical (unpaired) electrons. The summed E-state index contributed by atoms with van der Waals surface area (Å²) in [5, 5.41) is 6.07. The Hall–Kier alpha value is -3.21. The molecule has 3 rings (SSSR count). The van der Waals surface area contributed by atoms with E-state index in [0.29, 0.717) is 18.7 Å². The van der Waals surface area contributed by atoms with Gasteiger partial charge in [0, 0.05) is 6.20 Å². The van der Waals surface area contributed by atoms with Crippen molar-refractivity contribution in [3.8, 4) is 0 Å². The summed E-state index contributed by atoms with van der Waals surface area (Å²) in [6.07, 6.45) is 3.76. The smallest absolute Gasteiger partial charge is 0.228 e. The molecule has 0 aliphatic carbocycles. The molecule has 0 spiro atoms. The molecule has 0 unspecified atom stereocenters. The lowest BCUT2D eigenvalue weighted by Crippen LogP contribution is -2.14. The first-order chi connectivity index (χ1) is 12.2. The van der Waals surface area contributed by atoms with Gasteiger partial charge in [0.05, 0.1) is 30.5 Å². The van der Waals surface area contributed by atoms with Crippen LogP contribution >= 0.6 is 0 Å². The summed E-state index contributed by atoms with van der Waals surface area (Å²) in [6.45, 7) is 2.62. The Bertz CT molecular complexity index is 832. The van der Waals surface area contributed by atoms with Crippen LogP contribution in [0, 0.1) is 6.92 Å². The zero-order chi connectivity index (χ0) is 17.5. The first kappa shape index (κ1) is 16.6. The number of nitrogens with zero attached hydrogens (tertiary/aromatic N) is 2. The van der Waals surface area contributed by atoms with E-state index in [1.54, 1.807) is 12.4 Å². The fraction of sp³-hybridized carbons (Fsp3) is 0.150. The van der Waals surface area contributed by atoms with E-state index in [4.69, 9.17) is 0 Å². The van der Waals surface area contributed by atoms with Gasteiger partial charge in [-0.3, -0.25) is 9.78 Å². The quantitative estimate of drug-likeness (QED) is 0.724. The first-order valence-corrected chi connectivity index (χ1v) is 8.14. The number of nitrogens with one attached hydrogen (secondary N) is 2. The molecule has 1 aromatic carbocycles. The van der Waals surface area contributed by atoms with Gasteiger partial charge >= 0.3 is 0 Å². The Morgan fingerprint density at radius 2 is 1.96 bits per heavy atom. The van der Waals surface area contributed by atoms with E-state index in [9.17, 15) is 4.79 Å². The predicted octanol–water partition coefficient (Wildman–Crippen LogP) is 3.58. The van der Waals surface area contributed by atoms with Crippen LogP contribution in [0.1, 0.15) is 16.8 Å². The van der Waals surface area contributed by atoms with Gasteiger partial charge in [0.2, 0.25) is 5.91 Å². The van der Waals surface area contributed by atoms with Crippen LogP contribution in [0.25, 0.3) is 0 Å². The van der Waals surface area contributed by atoms with Gasteiger partial charge in [0.1, 0.15) is 5.82 Å². The number of hydrogen-bond acceptors (Lipinski definition) is 4. The van der Waals surface area contributed by atoms with Crippen LogP contribution in [0.4, 0.5) is 11.5 Å². The molecular weight excluding hydrogens is 312 g/mol. The lowest BCUT2D eigenvalue weighted by atomic mass is 10.1. The highest BCUT2D eigenvalue weighted by molar-refractivity contribution is 5.92. The second-order valence-electron chi connectivity index (χ2n) is 5.82. The third-order valence-electron chi connectivity index (χ3n) is 3.67. The molecule has 126 valence electrons. The maximum atomic E-state index is 12.1. The van der Waals surface area contributed by atoms with Crippen LogP contribution in [0.15, 0.2) is 67.0 Å². The summed E-state index contributed by atoms with van der Waals surface area (Å²) in [7, 11) is 0. The van der Waals surface area contributed by atoms with E-state index in [0.717, 1.165) is 22.6 Å². The van der Waals surface area contributed by atoms with E-state index < -0.39 is 0 Å². The summed E-state index contributed by atoms with van der Waals surface area (Å²) < 4.78 is 0. The summed E-state index contributed by atoms with van der Waals surface area (Å²) in [4.78, 5) is 20.7. The van der Waals surface area contributed by atoms with Gasteiger partial charge in [-0.15, -0.1) is 0 Å². The van der Waals surface area contributed by atoms with Crippen molar-refractivity contribution in [3.05, 3.63) is 83.8 Å². The van der Waals surface area contributed by atoms with E-state index in [2.05, 4.69) is 20.6 Å². The lowest BCUT2D eigenvalue weighted by Gasteiger charge is -2.08. The minimum Gasteiger partial charge on any atom is -0.364 e. The second-order valence-corrected chi connectivity index (χ2v) is 5.82. The maximum absolute atomic E-state index is 12.1. The molecule has 0 saturated heterocycles. The number of carbonyl (C=O) groups excluding carboxylic acids is 1. The largest absolute Gasteiger partial charge is 0.364 e. The zero-order valence-corrected chi connectivity index (χ0v) is 14.1. The van der Waals surface area contributed by atoms with Crippen molar-refractivity contribution < 1.29 is 4.79 Å². The Labute approximate surface area is 147 Å². The molecule has 25 heavy (non-hydrogen) atoms. The number of carbonyl (C=O) groups is 1. The molecule has 0 aliphatic heterocycles. The molecule has 0 saturated carbocycles. The van der Waals surface area contributed by atoms with Gasteiger partial charge in [-0.05, 0) is 36.8 Å². The summed E-state index contributed by atoms with van der Waals surface area (Å²) in [5.41, 5.74) is 3.77. The molecule has 5 heteroatoms. The van der Waals surface area contributed by atoms with Crippen molar-refractivity contribution in [1.29, 1.82) is 0 Å². The van der Waals surface area contributed by atoms with Crippen molar-refractivity contribution in [3.63, 3.8) is 0 Å². The molecule has 1 amide bonds. The number of aromatic nitrogens is 2.